The summed E-state index contributed by atoms with van der Waals surface area (Å²) < 4.78 is 42.8. The maximum atomic E-state index is 12.7. The SMILES string of the molecule is CCOC(=O)c1nc(C(F)(F)F)nc(CBr)c1CC. The second-order valence-electron chi connectivity index (χ2n) is 3.53. The summed E-state index contributed by atoms with van der Waals surface area (Å²) in [5.41, 5.74) is 0.192. The van der Waals surface area contributed by atoms with E-state index in [9.17, 15) is 18.0 Å². The van der Waals surface area contributed by atoms with Crippen molar-refractivity contribution in [1.82, 2.24) is 9.97 Å². The van der Waals surface area contributed by atoms with E-state index >= 15 is 0 Å². The van der Waals surface area contributed by atoms with Crippen LogP contribution in [0.5, 0.6) is 0 Å². The number of nitrogens with zero attached hydrogens (tertiary/aromatic N) is 2. The molecule has 1 aromatic heterocycles. The first-order valence-electron chi connectivity index (χ1n) is 5.55. The summed E-state index contributed by atoms with van der Waals surface area (Å²) in [5, 5.41) is 0.105. The third kappa shape index (κ3) is 3.65. The Balaban J connectivity index is 3.44. The van der Waals surface area contributed by atoms with Crippen LogP contribution < -0.4 is 0 Å². The monoisotopic (exact) mass is 340 g/mol. The van der Waals surface area contributed by atoms with E-state index in [1.165, 1.54) is 0 Å². The van der Waals surface area contributed by atoms with E-state index in [-0.39, 0.29) is 23.3 Å². The van der Waals surface area contributed by atoms with E-state index in [4.69, 9.17) is 4.74 Å². The molecule has 0 bridgehead atoms. The Morgan fingerprint density at radius 2 is 1.95 bits per heavy atom. The van der Waals surface area contributed by atoms with Crippen LogP contribution in [-0.4, -0.2) is 22.5 Å². The zero-order valence-corrected chi connectivity index (χ0v) is 11.9. The minimum Gasteiger partial charge on any atom is -0.461 e. The van der Waals surface area contributed by atoms with Gasteiger partial charge in [-0.1, -0.05) is 22.9 Å². The molecule has 0 aromatic carbocycles. The van der Waals surface area contributed by atoms with Crippen LogP contribution in [0.15, 0.2) is 0 Å². The smallest absolute Gasteiger partial charge is 0.451 e. The fraction of sp³-hybridized carbons (Fsp3) is 0.545. The van der Waals surface area contributed by atoms with E-state index in [0.29, 0.717) is 12.0 Å². The molecule has 0 aliphatic rings. The molecular formula is C11H12BrF3N2O2. The molecule has 0 radical (unpaired) electrons. The molecule has 0 aliphatic heterocycles. The number of rotatable bonds is 4. The van der Waals surface area contributed by atoms with Crippen LogP contribution in [0.1, 0.15) is 41.4 Å². The minimum absolute atomic E-state index is 0.0665. The Bertz CT molecular complexity index is 478. The molecule has 0 saturated carbocycles. The Kier molecular flexibility index (Phi) is 5.28. The number of alkyl halides is 4. The summed E-state index contributed by atoms with van der Waals surface area (Å²) in [6.07, 6.45) is -4.36. The lowest BCUT2D eigenvalue weighted by molar-refractivity contribution is -0.145. The number of ether oxygens (including phenoxy) is 1. The fourth-order valence-electron chi connectivity index (χ4n) is 1.51. The van der Waals surface area contributed by atoms with Gasteiger partial charge >= 0.3 is 12.1 Å². The summed E-state index contributed by atoms with van der Waals surface area (Å²) in [5.74, 6) is -2.20. The number of hydrogen-bond donors (Lipinski definition) is 0. The highest BCUT2D eigenvalue weighted by Gasteiger charge is 2.37. The summed E-state index contributed by atoms with van der Waals surface area (Å²) in [4.78, 5) is 18.4. The van der Waals surface area contributed by atoms with Crippen molar-refractivity contribution >= 4 is 21.9 Å². The van der Waals surface area contributed by atoms with Gasteiger partial charge < -0.3 is 4.74 Å². The van der Waals surface area contributed by atoms with E-state index in [1.54, 1.807) is 13.8 Å². The van der Waals surface area contributed by atoms with Gasteiger partial charge in [0.15, 0.2) is 5.69 Å². The van der Waals surface area contributed by atoms with Crippen molar-refractivity contribution in [3.05, 3.63) is 22.8 Å². The van der Waals surface area contributed by atoms with Crippen molar-refractivity contribution in [2.45, 2.75) is 31.8 Å². The molecule has 1 heterocycles. The number of hydrogen-bond acceptors (Lipinski definition) is 4. The van der Waals surface area contributed by atoms with Crippen molar-refractivity contribution in [1.29, 1.82) is 0 Å². The van der Waals surface area contributed by atoms with Gasteiger partial charge in [0.1, 0.15) is 0 Å². The maximum absolute atomic E-state index is 12.7. The number of esters is 1. The van der Waals surface area contributed by atoms with Crippen LogP contribution in [0.2, 0.25) is 0 Å². The summed E-state index contributed by atoms with van der Waals surface area (Å²) in [6.45, 7) is 3.35. The van der Waals surface area contributed by atoms with E-state index < -0.39 is 18.0 Å². The van der Waals surface area contributed by atoms with E-state index in [1.807, 2.05) is 0 Å². The van der Waals surface area contributed by atoms with Gasteiger partial charge in [-0.2, -0.15) is 13.2 Å². The molecule has 19 heavy (non-hydrogen) atoms. The lowest BCUT2D eigenvalue weighted by atomic mass is 10.1. The number of carbonyl (C=O) groups excluding carboxylic acids is 1. The normalized spacial score (nSPS) is 11.5. The molecule has 0 atom stereocenters. The average molecular weight is 341 g/mol. The Hall–Kier alpha value is -1.18. The predicted octanol–water partition coefficient (Wildman–Crippen LogP) is 3.13. The number of carbonyl (C=O) groups is 1. The second kappa shape index (κ2) is 6.31. The molecule has 0 aliphatic carbocycles. The van der Waals surface area contributed by atoms with Crippen LogP contribution in [0.3, 0.4) is 0 Å². The van der Waals surface area contributed by atoms with Gasteiger partial charge in [-0.15, -0.1) is 0 Å². The van der Waals surface area contributed by atoms with Crippen molar-refractivity contribution in [2.24, 2.45) is 0 Å². The minimum atomic E-state index is -4.70. The third-order valence-electron chi connectivity index (χ3n) is 2.30. The first-order chi connectivity index (χ1) is 8.85. The van der Waals surface area contributed by atoms with Gasteiger partial charge in [0.05, 0.1) is 12.3 Å². The number of aromatic nitrogens is 2. The molecule has 0 unspecified atom stereocenters. The third-order valence-corrected chi connectivity index (χ3v) is 2.83. The van der Waals surface area contributed by atoms with Crippen molar-refractivity contribution < 1.29 is 22.7 Å². The Labute approximate surface area is 116 Å². The molecule has 1 aromatic rings. The molecule has 0 N–H and O–H groups in total. The fourth-order valence-corrected chi connectivity index (χ4v) is 1.97. The van der Waals surface area contributed by atoms with Gasteiger partial charge in [-0.3, -0.25) is 0 Å². The van der Waals surface area contributed by atoms with E-state index in [2.05, 4.69) is 25.9 Å². The van der Waals surface area contributed by atoms with Crippen LogP contribution in [0.25, 0.3) is 0 Å². The first kappa shape index (κ1) is 15.9. The molecule has 0 spiro atoms. The molecule has 1 rings (SSSR count). The maximum Gasteiger partial charge on any atom is 0.451 e. The van der Waals surface area contributed by atoms with Crippen molar-refractivity contribution in [2.75, 3.05) is 6.61 Å². The topological polar surface area (TPSA) is 52.1 Å². The average Bonchev–Trinajstić information content (AvgIpc) is 2.36. The highest BCUT2D eigenvalue weighted by molar-refractivity contribution is 9.08. The van der Waals surface area contributed by atoms with Crippen LogP contribution in [0.4, 0.5) is 13.2 Å². The predicted molar refractivity (Wildman–Crippen MR) is 65.0 cm³/mol. The van der Waals surface area contributed by atoms with Crippen molar-refractivity contribution in [3.8, 4) is 0 Å². The molecule has 4 nitrogen and oxygen atoms in total. The summed E-state index contributed by atoms with van der Waals surface area (Å²) in [7, 11) is 0. The highest BCUT2D eigenvalue weighted by atomic mass is 79.9. The van der Waals surface area contributed by atoms with Crippen LogP contribution in [-0.2, 0) is 22.7 Å². The van der Waals surface area contributed by atoms with Crippen molar-refractivity contribution in [3.63, 3.8) is 0 Å². The van der Waals surface area contributed by atoms with Gasteiger partial charge in [-0.05, 0) is 13.3 Å². The van der Waals surface area contributed by atoms with Crippen LogP contribution in [0, 0.1) is 0 Å². The molecule has 0 fully saturated rings. The Morgan fingerprint density at radius 1 is 1.32 bits per heavy atom. The molecular weight excluding hydrogens is 329 g/mol. The second-order valence-corrected chi connectivity index (χ2v) is 4.09. The molecule has 106 valence electrons. The number of halogens is 4. The quantitative estimate of drug-likeness (QED) is 0.624. The first-order valence-corrected chi connectivity index (χ1v) is 6.67. The lowest BCUT2D eigenvalue weighted by Crippen LogP contribution is -2.20. The van der Waals surface area contributed by atoms with Gasteiger partial charge in [0, 0.05) is 10.9 Å². The van der Waals surface area contributed by atoms with E-state index in [0.717, 1.165) is 0 Å². The lowest BCUT2D eigenvalue weighted by Gasteiger charge is -2.13. The summed E-state index contributed by atoms with van der Waals surface area (Å²) in [6, 6.07) is 0. The summed E-state index contributed by atoms with van der Waals surface area (Å²) >= 11 is 3.06. The molecule has 0 saturated heterocycles. The zero-order valence-electron chi connectivity index (χ0n) is 10.3. The largest absolute Gasteiger partial charge is 0.461 e. The Morgan fingerprint density at radius 3 is 2.37 bits per heavy atom. The zero-order chi connectivity index (χ0) is 14.6. The van der Waals surface area contributed by atoms with Gasteiger partial charge in [0.25, 0.3) is 0 Å². The molecule has 0 amide bonds. The van der Waals surface area contributed by atoms with Gasteiger partial charge in [-0.25, -0.2) is 14.8 Å². The highest BCUT2D eigenvalue weighted by Crippen LogP contribution is 2.28. The molecule has 8 heteroatoms. The van der Waals surface area contributed by atoms with Gasteiger partial charge in [0.2, 0.25) is 5.82 Å². The standard InChI is InChI=1S/C11H12BrF3N2O2/c1-3-6-7(5-12)16-10(11(13,14)15)17-8(6)9(18)19-4-2/h3-5H2,1-2H3. The van der Waals surface area contributed by atoms with Crippen LogP contribution >= 0.6 is 15.9 Å².